The van der Waals surface area contributed by atoms with Crippen molar-refractivity contribution < 1.29 is 59.4 Å². The van der Waals surface area contributed by atoms with Crippen molar-refractivity contribution in [3.8, 4) is 0 Å². The molecular weight excluding hydrogens is 1600 g/mol. The number of aliphatic carboxylic acids is 6. The van der Waals surface area contributed by atoms with Crippen molar-refractivity contribution in [2.75, 3.05) is 118 Å². The van der Waals surface area contributed by atoms with Crippen LogP contribution in [0.5, 0.6) is 0 Å². The summed E-state index contributed by atoms with van der Waals surface area (Å²) in [5, 5.41) is 54.0. The number of nitrogens with zero attached hydrogens (tertiary/aromatic N) is 6. The Morgan fingerprint density at radius 3 is 0.289 bits per heavy atom. The Morgan fingerprint density at radius 2 is 0.195 bits per heavy atom. The first kappa shape index (κ1) is 125. The molecule has 0 amide bonds. The van der Waals surface area contributed by atoms with Gasteiger partial charge in [0.1, 0.15) is 0 Å². The first-order valence-electron chi connectivity index (χ1n) is 56.3. The molecule has 0 rings (SSSR count). The van der Waals surface area contributed by atoms with Crippen LogP contribution in [-0.4, -0.2) is 214 Å². The van der Waals surface area contributed by atoms with Crippen LogP contribution in [0, 0.1) is 0 Å². The zero-order valence-corrected chi connectivity index (χ0v) is 84.9. The molecule has 0 unspecified atom stereocenters. The molecule has 6 N–H and O–H groups in total. The fourth-order valence-corrected chi connectivity index (χ4v) is 18.9. The normalized spacial score (nSPS) is 11.9. The second-order valence-corrected chi connectivity index (χ2v) is 39.7. The summed E-state index contributed by atoms with van der Waals surface area (Å²) >= 11 is 0. The highest BCUT2D eigenvalue weighted by Gasteiger charge is 2.18. The van der Waals surface area contributed by atoms with Crippen molar-refractivity contribution in [2.45, 2.75) is 553 Å². The number of hydrogen-bond acceptors (Lipinski definition) is 12. The Labute approximate surface area is 791 Å². The number of carboxylic acids is 6. The fraction of sp³-hybridized carbons (Fsp3) is 0.945. The highest BCUT2D eigenvalue weighted by atomic mass is 16.4. The predicted octanol–water partition coefficient (Wildman–Crippen LogP) is 30.1. The van der Waals surface area contributed by atoms with Crippen LogP contribution in [0.25, 0.3) is 0 Å². The molecule has 0 heterocycles. The van der Waals surface area contributed by atoms with Gasteiger partial charge in [0.15, 0.2) is 0 Å². The standard InChI is InChI=1S/C110H216N6O12/c1-3-111(89-77-65-53-41-29-17-5-11-23-35-47-59-71-83-105(117)118)95-97-113(91-79-67-55-43-31-19-7-13-25-37-49-61-73-85-107(121)122)99-101-115(93-81-69-57-45-33-21-9-15-27-39-51-63-75-87-109(125)126)103-104-116(94-82-70-58-46-34-22-10-16-28-40-52-64-76-88-110(127)128)102-100-114(92-80-68-56-44-32-20-8-14-26-38-50-62-74-86-108(123)124)98-96-112(4-2)90-78-66-54-42-30-18-6-12-24-36-48-60-72-84-106(119)120/h3-104H2,1-2H3,(H,117,118)(H,119,120)(H,121,122)(H,123,124)(H,125,126)(H,127,128). The van der Waals surface area contributed by atoms with Crippen LogP contribution >= 0.6 is 0 Å². The number of hydrogen-bond donors (Lipinski definition) is 6. The molecule has 758 valence electrons. The zero-order chi connectivity index (χ0) is 93.1. The summed E-state index contributed by atoms with van der Waals surface area (Å²) in [6, 6.07) is 0. The van der Waals surface area contributed by atoms with Crippen LogP contribution in [0.3, 0.4) is 0 Å². The molecule has 0 aromatic rings. The molecule has 18 heteroatoms. The Kier molecular flexibility index (Phi) is 99.8. The van der Waals surface area contributed by atoms with E-state index < -0.39 is 35.8 Å². The van der Waals surface area contributed by atoms with Crippen molar-refractivity contribution in [3.05, 3.63) is 0 Å². The van der Waals surface area contributed by atoms with Gasteiger partial charge < -0.3 is 60.0 Å². The minimum Gasteiger partial charge on any atom is -0.481 e. The van der Waals surface area contributed by atoms with E-state index in [1.54, 1.807) is 0 Å². The molecule has 0 aliphatic carbocycles. The van der Waals surface area contributed by atoms with Gasteiger partial charge in [-0.05, 0) is 129 Å². The first-order chi connectivity index (χ1) is 62.6. The van der Waals surface area contributed by atoms with Gasteiger partial charge in [0.25, 0.3) is 0 Å². The van der Waals surface area contributed by atoms with E-state index >= 15 is 0 Å². The SMILES string of the molecule is CCN(CCCCCCCCCCCCCCCC(=O)O)CCN(CCCCCCCCCCCCCCCC(=O)O)CCN(CCCCCCCCCCCCCCCC(=O)O)CCN(CCCCCCCCCCCCCCCC(=O)O)CCN(CCCCCCCCCCCCCCCC(=O)O)CCN(CC)CCCCCCCCCCCCCCCC(=O)O. The van der Waals surface area contributed by atoms with Gasteiger partial charge in [0.2, 0.25) is 0 Å². The van der Waals surface area contributed by atoms with E-state index in [2.05, 4.69) is 43.2 Å². The van der Waals surface area contributed by atoms with Gasteiger partial charge in [-0.15, -0.1) is 0 Å². The summed E-state index contributed by atoms with van der Waals surface area (Å²) < 4.78 is 0. The smallest absolute Gasteiger partial charge is 0.303 e. The van der Waals surface area contributed by atoms with E-state index in [1.165, 1.54) is 437 Å². The van der Waals surface area contributed by atoms with E-state index in [0.29, 0.717) is 38.5 Å². The van der Waals surface area contributed by atoms with Gasteiger partial charge in [-0.25, -0.2) is 0 Å². The summed E-state index contributed by atoms with van der Waals surface area (Å²) in [5.74, 6) is -4.02. The largest absolute Gasteiger partial charge is 0.481 e. The lowest BCUT2D eigenvalue weighted by atomic mass is 10.0. The number of carboxylic acid groups (broad SMARTS) is 6. The van der Waals surface area contributed by atoms with Crippen LogP contribution < -0.4 is 0 Å². The lowest BCUT2D eigenvalue weighted by Gasteiger charge is -2.33. The Hall–Kier alpha value is -3.42. The fourth-order valence-electron chi connectivity index (χ4n) is 18.9. The number of likely N-dealkylation sites (N-methyl/N-ethyl adjacent to an activating group) is 2. The minimum absolute atomic E-state index is 0.303. The van der Waals surface area contributed by atoms with Gasteiger partial charge >= 0.3 is 35.8 Å². The molecule has 0 bridgehead atoms. The third-order valence-electron chi connectivity index (χ3n) is 27.7. The summed E-state index contributed by atoms with van der Waals surface area (Å²) in [7, 11) is 0. The molecule has 0 aromatic heterocycles. The third-order valence-corrected chi connectivity index (χ3v) is 27.7. The minimum atomic E-state index is -0.670. The maximum atomic E-state index is 11.0. The van der Waals surface area contributed by atoms with Crippen molar-refractivity contribution in [2.24, 2.45) is 0 Å². The van der Waals surface area contributed by atoms with E-state index in [9.17, 15) is 28.8 Å². The predicted molar refractivity (Wildman–Crippen MR) is 544 cm³/mol. The molecule has 0 saturated carbocycles. The van der Waals surface area contributed by atoms with E-state index in [-0.39, 0.29) is 0 Å². The number of rotatable bonds is 113. The number of carbonyl (C=O) groups is 6. The first-order valence-corrected chi connectivity index (χ1v) is 56.3. The van der Waals surface area contributed by atoms with E-state index in [4.69, 9.17) is 30.6 Å². The summed E-state index contributed by atoms with van der Waals surface area (Å²) in [6.45, 7) is 25.6. The zero-order valence-electron chi connectivity index (χ0n) is 84.9. The molecule has 18 nitrogen and oxygen atoms in total. The molecule has 0 atom stereocenters. The van der Waals surface area contributed by atoms with Gasteiger partial charge in [-0.1, -0.05) is 438 Å². The summed E-state index contributed by atoms with van der Waals surface area (Å²) in [6.07, 6.45) is 98.6. The van der Waals surface area contributed by atoms with Crippen LogP contribution in [0.1, 0.15) is 553 Å². The van der Waals surface area contributed by atoms with E-state index in [0.717, 1.165) is 181 Å². The number of unbranched alkanes of at least 4 members (excludes halogenated alkanes) is 72. The topological polar surface area (TPSA) is 243 Å². The average molecular weight is 1810 g/mol. The van der Waals surface area contributed by atoms with E-state index in [1.807, 2.05) is 0 Å². The average Bonchev–Trinajstić information content (AvgIpc) is 0.927. The second-order valence-electron chi connectivity index (χ2n) is 39.7. The van der Waals surface area contributed by atoms with Crippen molar-refractivity contribution in [3.63, 3.8) is 0 Å². The maximum Gasteiger partial charge on any atom is 0.303 e. The molecule has 0 aromatic carbocycles. The molecule has 128 heavy (non-hydrogen) atoms. The lowest BCUT2D eigenvalue weighted by Crippen LogP contribution is -2.44. The quantitative estimate of drug-likeness (QED) is 0.0310. The van der Waals surface area contributed by atoms with Gasteiger partial charge in [0.05, 0.1) is 0 Å². The summed E-state index contributed by atoms with van der Waals surface area (Å²) in [5.41, 5.74) is 0. The highest BCUT2D eigenvalue weighted by Crippen LogP contribution is 2.22. The molecule has 0 fully saturated rings. The van der Waals surface area contributed by atoms with Crippen LogP contribution in [0.15, 0.2) is 0 Å². The molecule has 0 aliphatic heterocycles. The molecule has 0 aliphatic rings. The Morgan fingerprint density at radius 1 is 0.117 bits per heavy atom. The molecule has 0 saturated heterocycles. The maximum absolute atomic E-state index is 11.0. The van der Waals surface area contributed by atoms with Gasteiger partial charge in [-0.2, -0.15) is 0 Å². The lowest BCUT2D eigenvalue weighted by molar-refractivity contribution is -0.138. The second kappa shape index (κ2) is 103. The molecule has 0 radical (unpaired) electrons. The van der Waals surface area contributed by atoms with Crippen LogP contribution in [0.4, 0.5) is 0 Å². The van der Waals surface area contributed by atoms with Crippen LogP contribution in [-0.2, 0) is 28.8 Å². The Bertz CT molecular complexity index is 2180. The van der Waals surface area contributed by atoms with Gasteiger partial charge in [0, 0.05) is 104 Å². The highest BCUT2D eigenvalue weighted by molar-refractivity contribution is 5.68. The monoisotopic (exact) mass is 1810 g/mol. The molecule has 0 spiro atoms. The van der Waals surface area contributed by atoms with Crippen molar-refractivity contribution in [1.82, 2.24) is 29.4 Å². The van der Waals surface area contributed by atoms with Crippen molar-refractivity contribution in [1.29, 1.82) is 0 Å². The van der Waals surface area contributed by atoms with Gasteiger partial charge in [-0.3, -0.25) is 28.8 Å². The van der Waals surface area contributed by atoms with Crippen molar-refractivity contribution >= 4 is 35.8 Å². The third kappa shape index (κ3) is 102. The molecular formula is C110H216N6O12. The van der Waals surface area contributed by atoms with Crippen LogP contribution in [0.2, 0.25) is 0 Å². The summed E-state index contributed by atoms with van der Waals surface area (Å²) in [4.78, 5) is 82.8. The Balaban J connectivity index is 6.70.